The Morgan fingerprint density at radius 2 is 1.87 bits per heavy atom. The first-order valence-electron chi connectivity index (χ1n) is 4.94. The first-order chi connectivity index (χ1) is 7.33. The first-order valence-corrected chi connectivity index (χ1v) is 4.94. The second-order valence-electron chi connectivity index (χ2n) is 3.44. The predicted molar refractivity (Wildman–Crippen MR) is 58.8 cm³/mol. The maximum Gasteiger partial charge on any atom is 0.123 e. The molecule has 0 spiro atoms. The molecule has 15 heavy (non-hydrogen) atoms. The lowest BCUT2D eigenvalue weighted by Gasteiger charge is -2.15. The number of nitrogens with one attached hydrogen (secondary N) is 1. The number of para-hydroxylation sites is 1. The van der Waals surface area contributed by atoms with Gasteiger partial charge in [-0.3, -0.25) is 4.57 Å². The normalized spacial score (nSPS) is 12.7. The van der Waals surface area contributed by atoms with Crippen LogP contribution in [0.1, 0.15) is 18.5 Å². The molecule has 0 fully saturated rings. The van der Waals surface area contributed by atoms with Crippen molar-refractivity contribution in [3.05, 3.63) is 42.5 Å². The summed E-state index contributed by atoms with van der Waals surface area (Å²) >= 11 is 0. The molecule has 1 aromatic heterocycles. The molecule has 1 N–H and O–H groups in total. The van der Waals surface area contributed by atoms with Gasteiger partial charge in [-0.1, -0.05) is 18.2 Å². The zero-order valence-corrected chi connectivity index (χ0v) is 8.88. The lowest BCUT2D eigenvalue weighted by Crippen LogP contribution is -2.14. The molecule has 0 aliphatic carbocycles. The number of hydrogen-bond donors (Lipinski definition) is 1. The molecule has 0 aliphatic rings. The van der Waals surface area contributed by atoms with Crippen LogP contribution in [0.3, 0.4) is 0 Å². The number of benzene rings is 1. The van der Waals surface area contributed by atoms with Crippen molar-refractivity contribution in [1.29, 1.82) is 0 Å². The van der Waals surface area contributed by atoms with E-state index < -0.39 is 0 Å². The highest BCUT2D eigenvalue weighted by molar-refractivity contribution is 5.42. The van der Waals surface area contributed by atoms with E-state index in [9.17, 15) is 0 Å². The molecular formula is C11H14N4. The van der Waals surface area contributed by atoms with Gasteiger partial charge in [0.25, 0.3) is 0 Å². The zero-order valence-electron chi connectivity index (χ0n) is 8.88. The molecule has 2 aromatic rings. The van der Waals surface area contributed by atoms with E-state index in [1.165, 1.54) is 5.56 Å². The second-order valence-corrected chi connectivity index (χ2v) is 3.44. The van der Waals surface area contributed by atoms with Crippen molar-refractivity contribution >= 4 is 0 Å². The van der Waals surface area contributed by atoms with E-state index >= 15 is 0 Å². The minimum Gasteiger partial charge on any atom is -0.313 e. The standard InChI is InChI=1S/C11H14N4/c1-9(12-2)10-5-3-4-6-11(10)15-7-13-14-8-15/h3-9,12H,1-2H3. The Morgan fingerprint density at radius 3 is 2.53 bits per heavy atom. The van der Waals surface area contributed by atoms with Gasteiger partial charge in [0.2, 0.25) is 0 Å². The van der Waals surface area contributed by atoms with Crippen LogP contribution in [0.4, 0.5) is 0 Å². The van der Waals surface area contributed by atoms with Gasteiger partial charge in [0.1, 0.15) is 12.7 Å². The van der Waals surface area contributed by atoms with Gasteiger partial charge in [-0.15, -0.1) is 10.2 Å². The molecule has 2 rings (SSSR count). The van der Waals surface area contributed by atoms with Crippen LogP contribution >= 0.6 is 0 Å². The van der Waals surface area contributed by atoms with E-state index in [4.69, 9.17) is 0 Å². The largest absolute Gasteiger partial charge is 0.313 e. The Morgan fingerprint density at radius 1 is 1.20 bits per heavy atom. The van der Waals surface area contributed by atoms with E-state index in [2.05, 4.69) is 34.6 Å². The maximum absolute atomic E-state index is 3.82. The lowest BCUT2D eigenvalue weighted by molar-refractivity contribution is 0.648. The minimum atomic E-state index is 0.309. The van der Waals surface area contributed by atoms with E-state index in [0.29, 0.717) is 6.04 Å². The average Bonchev–Trinajstić information content (AvgIpc) is 2.81. The van der Waals surface area contributed by atoms with Crippen molar-refractivity contribution in [1.82, 2.24) is 20.1 Å². The fourth-order valence-electron chi connectivity index (χ4n) is 1.57. The third-order valence-corrected chi connectivity index (χ3v) is 2.53. The summed E-state index contributed by atoms with van der Waals surface area (Å²) in [6, 6.07) is 8.53. The van der Waals surface area contributed by atoms with Crippen LogP contribution in [-0.4, -0.2) is 21.8 Å². The molecule has 1 aromatic carbocycles. The molecule has 1 atom stereocenters. The van der Waals surface area contributed by atoms with Gasteiger partial charge in [-0.25, -0.2) is 0 Å². The summed E-state index contributed by atoms with van der Waals surface area (Å²) in [7, 11) is 1.95. The van der Waals surface area contributed by atoms with Crippen LogP contribution in [0.15, 0.2) is 36.9 Å². The van der Waals surface area contributed by atoms with Crippen LogP contribution in [-0.2, 0) is 0 Å². The topological polar surface area (TPSA) is 42.7 Å². The average molecular weight is 202 g/mol. The Kier molecular flexibility index (Phi) is 2.78. The minimum absolute atomic E-state index is 0.309. The molecular weight excluding hydrogens is 188 g/mol. The number of nitrogens with zero attached hydrogens (tertiary/aromatic N) is 3. The summed E-state index contributed by atoms with van der Waals surface area (Å²) in [6.07, 6.45) is 3.42. The van der Waals surface area contributed by atoms with Crippen molar-refractivity contribution in [2.75, 3.05) is 7.05 Å². The van der Waals surface area contributed by atoms with Crippen molar-refractivity contribution in [3.63, 3.8) is 0 Å². The Hall–Kier alpha value is -1.68. The molecule has 4 nitrogen and oxygen atoms in total. The van der Waals surface area contributed by atoms with E-state index in [1.807, 2.05) is 23.7 Å². The van der Waals surface area contributed by atoms with Gasteiger partial charge >= 0.3 is 0 Å². The Bertz CT molecular complexity index is 422. The van der Waals surface area contributed by atoms with E-state index in [-0.39, 0.29) is 0 Å². The highest BCUT2D eigenvalue weighted by Gasteiger charge is 2.08. The lowest BCUT2D eigenvalue weighted by atomic mass is 10.1. The van der Waals surface area contributed by atoms with Crippen molar-refractivity contribution in [2.24, 2.45) is 0 Å². The van der Waals surface area contributed by atoms with Crippen LogP contribution < -0.4 is 5.32 Å². The van der Waals surface area contributed by atoms with E-state index in [1.54, 1.807) is 12.7 Å². The first kappa shape index (κ1) is 9.86. The number of aromatic nitrogens is 3. The fraction of sp³-hybridized carbons (Fsp3) is 0.273. The quantitative estimate of drug-likeness (QED) is 0.821. The molecule has 1 unspecified atom stereocenters. The molecule has 0 amide bonds. The summed E-state index contributed by atoms with van der Waals surface area (Å²) < 4.78 is 1.92. The molecule has 0 bridgehead atoms. The molecule has 4 heteroatoms. The smallest absolute Gasteiger partial charge is 0.123 e. The molecule has 0 saturated carbocycles. The van der Waals surface area contributed by atoms with Crippen molar-refractivity contribution < 1.29 is 0 Å². The van der Waals surface area contributed by atoms with Gasteiger partial charge in [0.05, 0.1) is 5.69 Å². The summed E-state index contributed by atoms with van der Waals surface area (Å²) in [5, 5.41) is 10.9. The van der Waals surface area contributed by atoms with Gasteiger partial charge in [-0.05, 0) is 25.6 Å². The maximum atomic E-state index is 3.82. The number of rotatable bonds is 3. The molecule has 78 valence electrons. The summed E-state index contributed by atoms with van der Waals surface area (Å²) in [5.41, 5.74) is 2.35. The van der Waals surface area contributed by atoms with Crippen molar-refractivity contribution in [3.8, 4) is 5.69 Å². The van der Waals surface area contributed by atoms with Crippen LogP contribution in [0.2, 0.25) is 0 Å². The molecule has 0 saturated heterocycles. The molecule has 0 aliphatic heterocycles. The fourth-order valence-corrected chi connectivity index (χ4v) is 1.57. The summed E-state index contributed by atoms with van der Waals surface area (Å²) in [6.45, 7) is 2.13. The summed E-state index contributed by atoms with van der Waals surface area (Å²) in [4.78, 5) is 0. The van der Waals surface area contributed by atoms with Crippen LogP contribution in [0.5, 0.6) is 0 Å². The van der Waals surface area contributed by atoms with Gasteiger partial charge < -0.3 is 5.32 Å². The number of hydrogen-bond acceptors (Lipinski definition) is 3. The van der Waals surface area contributed by atoms with Gasteiger partial charge in [0.15, 0.2) is 0 Å². The second kappa shape index (κ2) is 4.23. The monoisotopic (exact) mass is 202 g/mol. The van der Waals surface area contributed by atoms with E-state index in [0.717, 1.165) is 5.69 Å². The highest BCUT2D eigenvalue weighted by Crippen LogP contribution is 2.20. The third-order valence-electron chi connectivity index (χ3n) is 2.53. The SMILES string of the molecule is CNC(C)c1ccccc1-n1cnnc1. The van der Waals surface area contributed by atoms with Crippen LogP contribution in [0, 0.1) is 0 Å². The van der Waals surface area contributed by atoms with Gasteiger partial charge in [0, 0.05) is 6.04 Å². The van der Waals surface area contributed by atoms with Gasteiger partial charge in [-0.2, -0.15) is 0 Å². The Balaban J connectivity index is 2.47. The Labute approximate surface area is 89.0 Å². The predicted octanol–water partition coefficient (Wildman–Crippen LogP) is 1.55. The zero-order chi connectivity index (χ0) is 10.7. The van der Waals surface area contributed by atoms with Crippen LogP contribution in [0.25, 0.3) is 5.69 Å². The molecule has 1 heterocycles. The molecule has 0 radical (unpaired) electrons. The third kappa shape index (κ3) is 1.89. The highest BCUT2D eigenvalue weighted by atomic mass is 15.2. The van der Waals surface area contributed by atoms with Crippen molar-refractivity contribution in [2.45, 2.75) is 13.0 Å². The summed E-state index contributed by atoms with van der Waals surface area (Å²) in [5.74, 6) is 0.